The zero-order valence-electron chi connectivity index (χ0n) is 11.7. The van der Waals surface area contributed by atoms with Crippen molar-refractivity contribution in [2.45, 2.75) is 45.2 Å². The molecule has 4 heteroatoms. The topological polar surface area (TPSA) is 41.1 Å². The molecule has 104 valence electrons. The molecule has 0 aliphatic heterocycles. The SMILES string of the molecule is CC(C)(C)NC(=O)CNC1CCc2cc(Br)ccc21. The molecule has 0 bridgehead atoms. The molecule has 0 heterocycles. The number of nitrogens with one attached hydrogen (secondary N) is 2. The van der Waals surface area contributed by atoms with Gasteiger partial charge in [0.25, 0.3) is 0 Å². The summed E-state index contributed by atoms with van der Waals surface area (Å²) < 4.78 is 1.12. The molecule has 2 N–H and O–H groups in total. The van der Waals surface area contributed by atoms with Crippen molar-refractivity contribution in [1.82, 2.24) is 10.6 Å². The Morgan fingerprint density at radius 2 is 2.16 bits per heavy atom. The summed E-state index contributed by atoms with van der Waals surface area (Å²) in [7, 11) is 0. The average Bonchev–Trinajstić information content (AvgIpc) is 2.66. The highest BCUT2D eigenvalue weighted by Gasteiger charge is 2.23. The fraction of sp³-hybridized carbons (Fsp3) is 0.533. The molecule has 1 amide bonds. The van der Waals surface area contributed by atoms with Gasteiger partial charge in [-0.1, -0.05) is 22.0 Å². The van der Waals surface area contributed by atoms with Crippen LogP contribution in [0, 0.1) is 0 Å². The van der Waals surface area contributed by atoms with Crippen LogP contribution >= 0.6 is 15.9 Å². The lowest BCUT2D eigenvalue weighted by molar-refractivity contribution is -0.121. The first-order valence-electron chi connectivity index (χ1n) is 6.68. The Morgan fingerprint density at radius 3 is 2.84 bits per heavy atom. The molecule has 1 aromatic rings. The largest absolute Gasteiger partial charge is 0.350 e. The van der Waals surface area contributed by atoms with Gasteiger partial charge < -0.3 is 10.6 Å². The molecule has 19 heavy (non-hydrogen) atoms. The predicted molar refractivity (Wildman–Crippen MR) is 81.1 cm³/mol. The van der Waals surface area contributed by atoms with Gasteiger partial charge in [-0.05, 0) is 56.9 Å². The number of benzene rings is 1. The standard InChI is InChI=1S/C15H21BrN2O/c1-15(2,3)18-14(19)9-17-13-7-4-10-8-11(16)5-6-12(10)13/h5-6,8,13,17H,4,7,9H2,1-3H3,(H,18,19). The summed E-state index contributed by atoms with van der Waals surface area (Å²) in [4.78, 5) is 11.8. The summed E-state index contributed by atoms with van der Waals surface area (Å²) in [6.07, 6.45) is 2.14. The van der Waals surface area contributed by atoms with Crippen LogP contribution in [0.2, 0.25) is 0 Å². The van der Waals surface area contributed by atoms with Crippen LogP contribution < -0.4 is 10.6 Å². The molecule has 1 unspecified atom stereocenters. The summed E-state index contributed by atoms with van der Waals surface area (Å²) in [5.74, 6) is 0.0538. The first-order valence-corrected chi connectivity index (χ1v) is 7.47. The number of hydrogen-bond acceptors (Lipinski definition) is 2. The molecule has 0 radical (unpaired) electrons. The van der Waals surface area contributed by atoms with E-state index in [-0.39, 0.29) is 11.4 Å². The maximum absolute atomic E-state index is 11.8. The molecule has 0 aromatic heterocycles. The van der Waals surface area contributed by atoms with Gasteiger partial charge in [-0.25, -0.2) is 0 Å². The van der Waals surface area contributed by atoms with E-state index < -0.39 is 0 Å². The zero-order valence-corrected chi connectivity index (χ0v) is 13.3. The number of fused-ring (bicyclic) bond motifs is 1. The molecule has 1 aromatic carbocycles. The Morgan fingerprint density at radius 1 is 1.42 bits per heavy atom. The molecule has 0 fully saturated rings. The van der Waals surface area contributed by atoms with E-state index >= 15 is 0 Å². The van der Waals surface area contributed by atoms with E-state index in [0.29, 0.717) is 12.6 Å². The first kappa shape index (κ1) is 14.5. The van der Waals surface area contributed by atoms with Crippen molar-refractivity contribution in [3.8, 4) is 0 Å². The second kappa shape index (κ2) is 5.63. The molecule has 0 saturated heterocycles. The quantitative estimate of drug-likeness (QED) is 0.897. The predicted octanol–water partition coefficient (Wildman–Crippen LogP) is 2.94. The molecule has 1 aliphatic carbocycles. The lowest BCUT2D eigenvalue weighted by Crippen LogP contribution is -2.45. The van der Waals surface area contributed by atoms with Crippen molar-refractivity contribution in [3.63, 3.8) is 0 Å². The Balaban J connectivity index is 1.91. The molecular formula is C15H21BrN2O. The number of amides is 1. The van der Waals surface area contributed by atoms with Gasteiger partial charge in [0, 0.05) is 16.1 Å². The third-order valence-electron chi connectivity index (χ3n) is 3.21. The van der Waals surface area contributed by atoms with Crippen molar-refractivity contribution in [3.05, 3.63) is 33.8 Å². The minimum atomic E-state index is -0.169. The second-order valence-electron chi connectivity index (χ2n) is 6.11. The van der Waals surface area contributed by atoms with Gasteiger partial charge in [0.2, 0.25) is 5.91 Å². The van der Waals surface area contributed by atoms with Crippen LogP contribution in [0.25, 0.3) is 0 Å². The Kier molecular flexibility index (Phi) is 4.31. The lowest BCUT2D eigenvalue weighted by atomic mass is 10.1. The van der Waals surface area contributed by atoms with Gasteiger partial charge in [-0.2, -0.15) is 0 Å². The zero-order chi connectivity index (χ0) is 14.0. The minimum absolute atomic E-state index is 0.0538. The molecule has 1 aliphatic rings. The number of carbonyl (C=O) groups is 1. The minimum Gasteiger partial charge on any atom is -0.350 e. The number of aryl methyl sites for hydroxylation is 1. The van der Waals surface area contributed by atoms with E-state index in [2.05, 4.69) is 44.8 Å². The monoisotopic (exact) mass is 324 g/mol. The normalized spacial score (nSPS) is 18.2. The molecular weight excluding hydrogens is 304 g/mol. The third kappa shape index (κ3) is 4.05. The van der Waals surface area contributed by atoms with Crippen molar-refractivity contribution >= 4 is 21.8 Å². The number of carbonyl (C=O) groups excluding carboxylic acids is 1. The second-order valence-corrected chi connectivity index (χ2v) is 7.03. The van der Waals surface area contributed by atoms with Crippen molar-refractivity contribution in [2.75, 3.05) is 6.54 Å². The van der Waals surface area contributed by atoms with Crippen molar-refractivity contribution < 1.29 is 4.79 Å². The highest BCUT2D eigenvalue weighted by Crippen LogP contribution is 2.32. The van der Waals surface area contributed by atoms with Gasteiger partial charge in [-0.15, -0.1) is 0 Å². The van der Waals surface area contributed by atoms with Crippen LogP contribution in [0.3, 0.4) is 0 Å². The van der Waals surface area contributed by atoms with Crippen LogP contribution in [0.4, 0.5) is 0 Å². The lowest BCUT2D eigenvalue weighted by Gasteiger charge is -2.21. The van der Waals surface area contributed by atoms with E-state index in [0.717, 1.165) is 17.3 Å². The molecule has 0 saturated carbocycles. The van der Waals surface area contributed by atoms with Crippen LogP contribution in [-0.4, -0.2) is 18.0 Å². The summed E-state index contributed by atoms with van der Waals surface area (Å²) in [6, 6.07) is 6.68. The van der Waals surface area contributed by atoms with Crippen LogP contribution in [-0.2, 0) is 11.2 Å². The molecule has 0 spiro atoms. The molecule has 1 atom stereocenters. The highest BCUT2D eigenvalue weighted by atomic mass is 79.9. The van der Waals surface area contributed by atoms with E-state index in [1.807, 2.05) is 20.8 Å². The van der Waals surface area contributed by atoms with Crippen LogP contribution in [0.1, 0.15) is 44.4 Å². The summed E-state index contributed by atoms with van der Waals surface area (Å²) in [5, 5.41) is 6.32. The Labute approximate surface area is 123 Å². The van der Waals surface area contributed by atoms with Gasteiger partial charge in [0.1, 0.15) is 0 Å². The fourth-order valence-electron chi connectivity index (χ4n) is 2.48. The average molecular weight is 325 g/mol. The smallest absolute Gasteiger partial charge is 0.234 e. The Bertz CT molecular complexity index is 480. The summed E-state index contributed by atoms with van der Waals surface area (Å²) in [6.45, 7) is 6.35. The van der Waals surface area contributed by atoms with Crippen LogP contribution in [0.5, 0.6) is 0 Å². The first-order chi connectivity index (χ1) is 8.85. The molecule has 3 nitrogen and oxygen atoms in total. The summed E-state index contributed by atoms with van der Waals surface area (Å²) in [5.41, 5.74) is 2.53. The van der Waals surface area contributed by atoms with Crippen LogP contribution in [0.15, 0.2) is 22.7 Å². The van der Waals surface area contributed by atoms with Gasteiger partial charge >= 0.3 is 0 Å². The van der Waals surface area contributed by atoms with Crippen molar-refractivity contribution in [1.29, 1.82) is 0 Å². The van der Waals surface area contributed by atoms with Gasteiger partial charge in [-0.3, -0.25) is 4.79 Å². The third-order valence-corrected chi connectivity index (χ3v) is 3.70. The van der Waals surface area contributed by atoms with E-state index in [1.165, 1.54) is 11.1 Å². The fourth-order valence-corrected chi connectivity index (χ4v) is 2.88. The van der Waals surface area contributed by atoms with Crippen molar-refractivity contribution in [2.24, 2.45) is 0 Å². The molecule has 2 rings (SSSR count). The van der Waals surface area contributed by atoms with E-state index in [4.69, 9.17) is 0 Å². The Hall–Kier alpha value is -0.870. The number of halogens is 1. The maximum Gasteiger partial charge on any atom is 0.234 e. The highest BCUT2D eigenvalue weighted by molar-refractivity contribution is 9.10. The number of rotatable bonds is 3. The maximum atomic E-state index is 11.8. The van der Waals surface area contributed by atoms with E-state index in [1.54, 1.807) is 0 Å². The van der Waals surface area contributed by atoms with Gasteiger partial charge in [0.05, 0.1) is 6.54 Å². The van der Waals surface area contributed by atoms with E-state index in [9.17, 15) is 4.79 Å². The number of hydrogen-bond donors (Lipinski definition) is 2. The van der Waals surface area contributed by atoms with Gasteiger partial charge in [0.15, 0.2) is 0 Å². The summed E-state index contributed by atoms with van der Waals surface area (Å²) >= 11 is 3.50.